The van der Waals surface area contributed by atoms with Gasteiger partial charge in [-0.2, -0.15) is 5.10 Å². The van der Waals surface area contributed by atoms with Crippen molar-refractivity contribution in [3.05, 3.63) is 53.6 Å². The standard InChI is InChI=1S/C18H18N6O/c1-11(25)6-16-22-17(24-23-16)14-9-19-18(20-10-14)21-15-7-12-4-2-3-5-13(12)8-15/h2-5,9-10,15H,6-8H2,1H3,(H,19,20,21)(H,22,23,24). The first-order valence-electron chi connectivity index (χ1n) is 8.24. The molecule has 1 aromatic carbocycles. The highest BCUT2D eigenvalue weighted by Gasteiger charge is 2.21. The van der Waals surface area contributed by atoms with Crippen molar-refractivity contribution in [2.75, 3.05) is 5.32 Å². The number of hydrogen-bond acceptors (Lipinski definition) is 6. The number of benzene rings is 1. The van der Waals surface area contributed by atoms with E-state index in [0.717, 1.165) is 12.8 Å². The number of nitrogens with zero attached hydrogens (tertiary/aromatic N) is 4. The Morgan fingerprint density at radius 1 is 1.20 bits per heavy atom. The third kappa shape index (κ3) is 3.40. The molecule has 1 aliphatic carbocycles. The van der Waals surface area contributed by atoms with E-state index in [0.29, 0.717) is 29.2 Å². The summed E-state index contributed by atoms with van der Waals surface area (Å²) in [4.78, 5) is 24.2. The summed E-state index contributed by atoms with van der Waals surface area (Å²) in [6, 6.07) is 8.80. The van der Waals surface area contributed by atoms with E-state index >= 15 is 0 Å². The molecule has 7 nitrogen and oxygen atoms in total. The molecule has 2 aromatic heterocycles. The maximum atomic E-state index is 11.1. The third-order valence-corrected chi connectivity index (χ3v) is 4.24. The van der Waals surface area contributed by atoms with Crippen molar-refractivity contribution >= 4 is 11.7 Å². The summed E-state index contributed by atoms with van der Waals surface area (Å²) in [6.45, 7) is 1.52. The highest BCUT2D eigenvalue weighted by atomic mass is 16.1. The molecule has 0 amide bonds. The van der Waals surface area contributed by atoms with Gasteiger partial charge in [0.1, 0.15) is 11.6 Å². The van der Waals surface area contributed by atoms with Crippen LogP contribution in [0.25, 0.3) is 11.4 Å². The summed E-state index contributed by atoms with van der Waals surface area (Å²) in [5, 5.41) is 10.3. The fraction of sp³-hybridized carbons (Fsp3) is 0.278. The molecule has 25 heavy (non-hydrogen) atoms. The van der Waals surface area contributed by atoms with Crippen LogP contribution in [0.4, 0.5) is 5.95 Å². The van der Waals surface area contributed by atoms with Crippen LogP contribution in [0.2, 0.25) is 0 Å². The molecule has 0 unspecified atom stereocenters. The summed E-state index contributed by atoms with van der Waals surface area (Å²) in [5.41, 5.74) is 3.48. The summed E-state index contributed by atoms with van der Waals surface area (Å²) in [7, 11) is 0. The second-order valence-electron chi connectivity index (χ2n) is 6.30. The van der Waals surface area contributed by atoms with E-state index in [9.17, 15) is 4.79 Å². The molecular weight excluding hydrogens is 316 g/mol. The summed E-state index contributed by atoms with van der Waals surface area (Å²) in [6.07, 6.45) is 5.60. The zero-order valence-electron chi connectivity index (χ0n) is 13.9. The third-order valence-electron chi connectivity index (χ3n) is 4.24. The molecule has 2 heterocycles. The van der Waals surface area contributed by atoms with Gasteiger partial charge in [0.25, 0.3) is 0 Å². The maximum absolute atomic E-state index is 11.1. The van der Waals surface area contributed by atoms with Crippen molar-refractivity contribution in [2.45, 2.75) is 32.2 Å². The van der Waals surface area contributed by atoms with Gasteiger partial charge in [0.05, 0.1) is 12.0 Å². The predicted octanol–water partition coefficient (Wildman–Crippen LogP) is 1.97. The molecule has 0 saturated heterocycles. The van der Waals surface area contributed by atoms with Crippen LogP contribution >= 0.6 is 0 Å². The molecule has 4 rings (SSSR count). The molecule has 0 fully saturated rings. The Labute approximate surface area is 144 Å². The molecule has 0 aliphatic heterocycles. The minimum Gasteiger partial charge on any atom is -0.351 e. The number of H-pyrrole nitrogens is 1. The van der Waals surface area contributed by atoms with Gasteiger partial charge in [-0.1, -0.05) is 24.3 Å². The summed E-state index contributed by atoms with van der Waals surface area (Å²) in [5.74, 6) is 1.68. The zero-order chi connectivity index (χ0) is 17.2. The molecule has 0 atom stereocenters. The molecular formula is C18H18N6O. The Kier molecular flexibility index (Phi) is 3.97. The number of carbonyl (C=O) groups is 1. The number of hydrogen-bond donors (Lipinski definition) is 2. The van der Waals surface area contributed by atoms with Crippen molar-refractivity contribution < 1.29 is 4.79 Å². The van der Waals surface area contributed by atoms with Crippen molar-refractivity contribution in [1.82, 2.24) is 25.1 Å². The minimum absolute atomic E-state index is 0.0380. The molecule has 0 saturated carbocycles. The number of anilines is 1. The molecule has 2 N–H and O–H groups in total. The lowest BCUT2D eigenvalue weighted by Crippen LogP contribution is -2.20. The topological polar surface area (TPSA) is 96.5 Å². The molecule has 126 valence electrons. The first-order chi connectivity index (χ1) is 12.2. The second kappa shape index (κ2) is 6.43. The average Bonchev–Trinajstić information content (AvgIpc) is 3.21. The van der Waals surface area contributed by atoms with Crippen LogP contribution in [0.1, 0.15) is 23.9 Å². The maximum Gasteiger partial charge on any atom is 0.222 e. The Balaban J connectivity index is 1.42. The van der Waals surface area contributed by atoms with Crippen molar-refractivity contribution in [3.63, 3.8) is 0 Å². The summed E-state index contributed by atoms with van der Waals surface area (Å²) >= 11 is 0. The first-order valence-corrected chi connectivity index (χ1v) is 8.24. The quantitative estimate of drug-likeness (QED) is 0.740. The van der Waals surface area contributed by atoms with Gasteiger partial charge in [0.2, 0.25) is 5.95 Å². The van der Waals surface area contributed by atoms with Crippen molar-refractivity contribution in [1.29, 1.82) is 0 Å². The highest BCUT2D eigenvalue weighted by Crippen LogP contribution is 2.23. The van der Waals surface area contributed by atoms with Gasteiger partial charge in [-0.3, -0.25) is 9.89 Å². The van der Waals surface area contributed by atoms with E-state index in [-0.39, 0.29) is 12.2 Å². The molecule has 7 heteroatoms. The monoisotopic (exact) mass is 334 g/mol. The molecule has 0 bridgehead atoms. The number of Topliss-reactive ketones (excluding diaryl/α,β-unsaturated/α-hetero) is 1. The number of aromatic nitrogens is 5. The Bertz CT molecular complexity index is 877. The van der Waals surface area contributed by atoms with E-state index in [4.69, 9.17) is 0 Å². The lowest BCUT2D eigenvalue weighted by Gasteiger charge is -2.11. The molecule has 1 aliphatic rings. The smallest absolute Gasteiger partial charge is 0.222 e. The van der Waals surface area contributed by atoms with E-state index in [2.05, 4.69) is 54.7 Å². The Hall–Kier alpha value is -3.09. The number of carbonyl (C=O) groups excluding carboxylic acids is 1. The number of fused-ring (bicyclic) bond motifs is 1. The van der Waals surface area contributed by atoms with Gasteiger partial charge in [0.15, 0.2) is 5.82 Å². The second-order valence-corrected chi connectivity index (χ2v) is 6.30. The minimum atomic E-state index is 0.0380. The first kappa shape index (κ1) is 15.4. The Morgan fingerprint density at radius 3 is 2.52 bits per heavy atom. The highest BCUT2D eigenvalue weighted by molar-refractivity contribution is 5.77. The van der Waals surface area contributed by atoms with Gasteiger partial charge >= 0.3 is 0 Å². The molecule has 0 spiro atoms. The number of aromatic amines is 1. The number of rotatable bonds is 5. The van der Waals surface area contributed by atoms with Gasteiger partial charge in [-0.05, 0) is 30.9 Å². The van der Waals surface area contributed by atoms with E-state index in [1.54, 1.807) is 12.4 Å². The number of ketones is 1. The zero-order valence-corrected chi connectivity index (χ0v) is 13.9. The van der Waals surface area contributed by atoms with Crippen LogP contribution in [-0.2, 0) is 24.1 Å². The van der Waals surface area contributed by atoms with Crippen LogP contribution in [-0.4, -0.2) is 37.0 Å². The van der Waals surface area contributed by atoms with Gasteiger partial charge in [-0.15, -0.1) is 0 Å². The van der Waals surface area contributed by atoms with Crippen LogP contribution in [0.3, 0.4) is 0 Å². The van der Waals surface area contributed by atoms with Gasteiger partial charge in [0, 0.05) is 18.4 Å². The van der Waals surface area contributed by atoms with Crippen molar-refractivity contribution in [3.8, 4) is 11.4 Å². The fourth-order valence-corrected chi connectivity index (χ4v) is 3.10. The number of nitrogens with one attached hydrogen (secondary N) is 2. The SMILES string of the molecule is CC(=O)Cc1nc(-c2cnc(NC3Cc4ccccc4C3)nc2)n[nH]1. The Morgan fingerprint density at radius 2 is 1.88 bits per heavy atom. The lowest BCUT2D eigenvalue weighted by atomic mass is 10.1. The predicted molar refractivity (Wildman–Crippen MR) is 93.1 cm³/mol. The molecule has 3 aromatic rings. The largest absolute Gasteiger partial charge is 0.351 e. The average molecular weight is 334 g/mol. The van der Waals surface area contributed by atoms with E-state index in [1.807, 2.05) is 0 Å². The van der Waals surface area contributed by atoms with Gasteiger partial charge in [-0.25, -0.2) is 15.0 Å². The van der Waals surface area contributed by atoms with E-state index in [1.165, 1.54) is 18.1 Å². The van der Waals surface area contributed by atoms with Crippen molar-refractivity contribution in [2.24, 2.45) is 0 Å². The lowest BCUT2D eigenvalue weighted by molar-refractivity contribution is -0.116. The van der Waals surface area contributed by atoms with Gasteiger partial charge < -0.3 is 5.32 Å². The van der Waals surface area contributed by atoms with Crippen LogP contribution in [0.15, 0.2) is 36.7 Å². The molecule has 0 radical (unpaired) electrons. The fourth-order valence-electron chi connectivity index (χ4n) is 3.10. The van der Waals surface area contributed by atoms with Crippen LogP contribution < -0.4 is 5.32 Å². The van der Waals surface area contributed by atoms with Crippen LogP contribution in [0.5, 0.6) is 0 Å². The van der Waals surface area contributed by atoms with Crippen LogP contribution in [0, 0.1) is 0 Å². The normalized spacial score (nSPS) is 13.6. The summed E-state index contributed by atoms with van der Waals surface area (Å²) < 4.78 is 0. The van der Waals surface area contributed by atoms with E-state index < -0.39 is 0 Å².